The zero-order valence-corrected chi connectivity index (χ0v) is 13.6. The van der Waals surface area contributed by atoms with Gasteiger partial charge in [-0.05, 0) is 50.7 Å². The van der Waals surface area contributed by atoms with Gasteiger partial charge in [0.15, 0.2) is 5.11 Å². The van der Waals surface area contributed by atoms with Gasteiger partial charge in [-0.3, -0.25) is 4.79 Å². The van der Waals surface area contributed by atoms with E-state index in [4.69, 9.17) is 12.2 Å². The predicted octanol–water partition coefficient (Wildman–Crippen LogP) is 2.18. The minimum atomic E-state index is 0.116. The highest BCUT2D eigenvalue weighted by Crippen LogP contribution is 2.23. The Labute approximate surface area is 133 Å². The van der Waals surface area contributed by atoms with E-state index < -0.39 is 0 Å². The molecular formula is C16H27N3OS. The van der Waals surface area contributed by atoms with Crippen LogP contribution in [0.2, 0.25) is 0 Å². The second-order valence-electron chi connectivity index (χ2n) is 6.85. The molecule has 1 amide bonds. The fourth-order valence-corrected chi connectivity index (χ4v) is 3.77. The smallest absolute Gasteiger partial charge is 0.225 e. The summed E-state index contributed by atoms with van der Waals surface area (Å²) >= 11 is 5.58. The quantitative estimate of drug-likeness (QED) is 0.785. The van der Waals surface area contributed by atoms with Crippen molar-refractivity contribution in [2.45, 2.75) is 69.9 Å². The van der Waals surface area contributed by atoms with Crippen LogP contribution in [0.3, 0.4) is 0 Å². The number of rotatable bonds is 3. The van der Waals surface area contributed by atoms with Gasteiger partial charge >= 0.3 is 0 Å². The third-order valence-electron chi connectivity index (χ3n) is 4.94. The van der Waals surface area contributed by atoms with Crippen LogP contribution in [0.15, 0.2) is 0 Å². The van der Waals surface area contributed by atoms with Gasteiger partial charge in [0.1, 0.15) is 0 Å². The molecule has 5 heteroatoms. The molecule has 0 radical (unpaired) electrons. The fraction of sp³-hybridized carbons (Fsp3) is 0.875. The number of amides is 1. The van der Waals surface area contributed by atoms with Gasteiger partial charge < -0.3 is 15.5 Å². The first-order valence-corrected chi connectivity index (χ1v) is 8.99. The van der Waals surface area contributed by atoms with Crippen molar-refractivity contribution in [1.82, 2.24) is 15.5 Å². The molecule has 3 aliphatic rings. The molecule has 3 rings (SSSR count). The number of nitrogens with zero attached hydrogens (tertiary/aromatic N) is 1. The topological polar surface area (TPSA) is 44.4 Å². The second-order valence-corrected chi connectivity index (χ2v) is 7.24. The number of likely N-dealkylation sites (tertiary alicyclic amines) is 1. The van der Waals surface area contributed by atoms with Crippen LogP contribution in [0.1, 0.15) is 57.8 Å². The molecule has 2 saturated carbocycles. The van der Waals surface area contributed by atoms with Crippen molar-refractivity contribution in [2.75, 3.05) is 13.1 Å². The number of carbonyl (C=O) groups excluding carboxylic acids is 1. The van der Waals surface area contributed by atoms with Crippen molar-refractivity contribution in [3.63, 3.8) is 0 Å². The Morgan fingerprint density at radius 1 is 0.905 bits per heavy atom. The Hall–Kier alpha value is -0.840. The average molecular weight is 309 g/mol. The Morgan fingerprint density at radius 3 is 2.33 bits per heavy atom. The van der Waals surface area contributed by atoms with Gasteiger partial charge in [-0.15, -0.1) is 0 Å². The van der Waals surface area contributed by atoms with Crippen molar-refractivity contribution >= 4 is 23.2 Å². The van der Waals surface area contributed by atoms with Gasteiger partial charge in [0, 0.05) is 25.2 Å². The molecule has 4 nitrogen and oxygen atoms in total. The van der Waals surface area contributed by atoms with Gasteiger partial charge in [0.2, 0.25) is 5.91 Å². The largest absolute Gasteiger partial charge is 0.360 e. The highest BCUT2D eigenvalue weighted by Gasteiger charge is 2.31. The molecule has 1 saturated heterocycles. The summed E-state index contributed by atoms with van der Waals surface area (Å²) in [6.07, 6.45) is 10.8. The molecule has 3 fully saturated rings. The summed E-state index contributed by atoms with van der Waals surface area (Å²) in [6, 6.07) is 1.01. The van der Waals surface area contributed by atoms with Crippen LogP contribution in [0.4, 0.5) is 0 Å². The van der Waals surface area contributed by atoms with Crippen molar-refractivity contribution in [1.29, 1.82) is 0 Å². The zero-order chi connectivity index (χ0) is 14.7. The first-order chi connectivity index (χ1) is 10.2. The van der Waals surface area contributed by atoms with Crippen LogP contribution < -0.4 is 10.6 Å². The Morgan fingerprint density at radius 2 is 1.62 bits per heavy atom. The van der Waals surface area contributed by atoms with Crippen molar-refractivity contribution in [2.24, 2.45) is 5.92 Å². The van der Waals surface area contributed by atoms with Gasteiger partial charge in [0.25, 0.3) is 0 Å². The monoisotopic (exact) mass is 309 g/mol. The average Bonchev–Trinajstić information content (AvgIpc) is 3.32. The molecule has 0 aromatic carbocycles. The SMILES string of the molecule is O=C(NC1CC1)C1CCCN(C(=S)NC2CCCCC2)C1. The normalized spacial score (nSPS) is 27.2. The van der Waals surface area contributed by atoms with Gasteiger partial charge in [-0.25, -0.2) is 0 Å². The third kappa shape index (κ3) is 4.31. The Balaban J connectivity index is 1.47. The molecule has 0 bridgehead atoms. The molecule has 1 atom stereocenters. The molecule has 0 spiro atoms. The lowest BCUT2D eigenvalue weighted by Gasteiger charge is -2.36. The maximum Gasteiger partial charge on any atom is 0.225 e. The number of carbonyl (C=O) groups is 1. The molecule has 21 heavy (non-hydrogen) atoms. The summed E-state index contributed by atoms with van der Waals surface area (Å²) in [5, 5.41) is 7.53. The van der Waals surface area contributed by atoms with Gasteiger partial charge in [-0.2, -0.15) is 0 Å². The number of hydrogen-bond donors (Lipinski definition) is 2. The number of hydrogen-bond acceptors (Lipinski definition) is 2. The van der Waals surface area contributed by atoms with E-state index in [1.165, 1.54) is 32.1 Å². The van der Waals surface area contributed by atoms with Crippen molar-refractivity contribution in [3.05, 3.63) is 0 Å². The van der Waals surface area contributed by atoms with Gasteiger partial charge in [0.05, 0.1) is 5.92 Å². The highest BCUT2D eigenvalue weighted by atomic mass is 32.1. The highest BCUT2D eigenvalue weighted by molar-refractivity contribution is 7.80. The van der Waals surface area contributed by atoms with Crippen LogP contribution in [0, 0.1) is 5.92 Å². The Bertz CT molecular complexity index is 391. The van der Waals surface area contributed by atoms with Crippen molar-refractivity contribution in [3.8, 4) is 0 Å². The lowest BCUT2D eigenvalue weighted by atomic mass is 9.95. The molecular weight excluding hydrogens is 282 g/mol. The molecule has 1 aliphatic heterocycles. The van der Waals surface area contributed by atoms with E-state index in [9.17, 15) is 4.79 Å². The molecule has 1 unspecified atom stereocenters. The van der Waals surface area contributed by atoms with Crippen LogP contribution in [-0.4, -0.2) is 41.1 Å². The predicted molar refractivity (Wildman–Crippen MR) is 88.1 cm³/mol. The first-order valence-electron chi connectivity index (χ1n) is 8.58. The van der Waals surface area contributed by atoms with E-state index in [1.54, 1.807) is 0 Å². The minimum absolute atomic E-state index is 0.116. The molecule has 2 N–H and O–H groups in total. The summed E-state index contributed by atoms with van der Waals surface area (Å²) in [5.41, 5.74) is 0. The van der Waals surface area contributed by atoms with E-state index in [1.807, 2.05) is 0 Å². The van der Waals surface area contributed by atoms with Crippen LogP contribution in [0.25, 0.3) is 0 Å². The first kappa shape index (κ1) is 15.1. The lowest BCUT2D eigenvalue weighted by Crippen LogP contribution is -2.51. The van der Waals surface area contributed by atoms with E-state index in [-0.39, 0.29) is 11.8 Å². The number of nitrogens with one attached hydrogen (secondary N) is 2. The summed E-state index contributed by atoms with van der Waals surface area (Å²) in [4.78, 5) is 14.4. The third-order valence-corrected chi connectivity index (χ3v) is 5.31. The van der Waals surface area contributed by atoms with E-state index in [0.29, 0.717) is 12.1 Å². The van der Waals surface area contributed by atoms with Crippen molar-refractivity contribution < 1.29 is 4.79 Å². The summed E-state index contributed by atoms with van der Waals surface area (Å²) in [6.45, 7) is 1.78. The minimum Gasteiger partial charge on any atom is -0.360 e. The van der Waals surface area contributed by atoms with E-state index in [0.717, 1.165) is 43.9 Å². The number of piperidine rings is 1. The fourth-order valence-electron chi connectivity index (χ4n) is 3.44. The molecule has 0 aromatic rings. The maximum atomic E-state index is 12.2. The van der Waals surface area contributed by atoms with Crippen LogP contribution in [0.5, 0.6) is 0 Å². The van der Waals surface area contributed by atoms with E-state index >= 15 is 0 Å². The van der Waals surface area contributed by atoms with Crippen LogP contribution >= 0.6 is 12.2 Å². The summed E-state index contributed by atoms with van der Waals surface area (Å²) < 4.78 is 0. The number of thiocarbonyl (C=S) groups is 1. The molecule has 1 heterocycles. The molecule has 0 aromatic heterocycles. The standard InChI is InChI=1S/C16H27N3OS/c20-15(17-14-8-9-14)12-5-4-10-19(11-12)16(21)18-13-6-2-1-3-7-13/h12-14H,1-11H2,(H,17,20)(H,18,21). The molecule has 118 valence electrons. The maximum absolute atomic E-state index is 12.2. The summed E-state index contributed by atoms with van der Waals surface area (Å²) in [7, 11) is 0. The van der Waals surface area contributed by atoms with E-state index in [2.05, 4.69) is 15.5 Å². The molecule has 2 aliphatic carbocycles. The van der Waals surface area contributed by atoms with Gasteiger partial charge in [-0.1, -0.05) is 19.3 Å². The van der Waals surface area contributed by atoms with Crippen LogP contribution in [-0.2, 0) is 4.79 Å². The lowest BCUT2D eigenvalue weighted by molar-refractivity contribution is -0.126. The second kappa shape index (κ2) is 6.95. The summed E-state index contributed by atoms with van der Waals surface area (Å²) in [5.74, 6) is 0.355. The zero-order valence-electron chi connectivity index (χ0n) is 12.8. The Kier molecular flexibility index (Phi) is 4.99.